The zero-order valence-electron chi connectivity index (χ0n) is 10.8. The lowest BCUT2D eigenvalue weighted by Gasteiger charge is -2.11. The molecule has 0 aliphatic rings. The van der Waals surface area contributed by atoms with Crippen LogP contribution < -0.4 is 16.0 Å². The largest absolute Gasteiger partial charge is 0.487 e. The molecule has 1 aromatic carbocycles. The Morgan fingerprint density at radius 3 is 2.56 bits per heavy atom. The van der Waals surface area contributed by atoms with Crippen molar-refractivity contribution in [3.8, 4) is 5.75 Å². The van der Waals surface area contributed by atoms with Crippen molar-refractivity contribution < 1.29 is 9.94 Å². The molecule has 1 rings (SSSR count). The van der Waals surface area contributed by atoms with Crippen LogP contribution >= 0.6 is 0 Å². The number of hydrogen-bond acceptors (Lipinski definition) is 4. The highest BCUT2D eigenvalue weighted by Crippen LogP contribution is 2.24. The Kier molecular flexibility index (Phi) is 5.13. The molecule has 0 spiro atoms. The number of nitrogens with two attached hydrogens (primary N) is 1. The van der Waals surface area contributed by atoms with E-state index in [-0.39, 0.29) is 12.6 Å². The molecule has 6 heteroatoms. The van der Waals surface area contributed by atoms with Crippen LogP contribution in [0.15, 0.2) is 22.3 Å². The minimum atomic E-state index is -0.172. The maximum atomic E-state index is 8.36. The third-order valence-corrected chi connectivity index (χ3v) is 2.27. The molecule has 0 atom stereocenters. The fraction of sp³-hybridized carbons (Fsp3) is 0.333. The lowest BCUT2D eigenvalue weighted by Crippen LogP contribution is -2.27. The van der Waals surface area contributed by atoms with Crippen LogP contribution in [0, 0.1) is 20.8 Å². The first-order chi connectivity index (χ1) is 8.54. The van der Waals surface area contributed by atoms with Crippen molar-refractivity contribution in [2.75, 3.05) is 6.61 Å². The predicted octanol–water partition coefficient (Wildman–Crippen LogP) is 1.27. The quantitative estimate of drug-likeness (QED) is 0.426. The highest BCUT2D eigenvalue weighted by molar-refractivity contribution is 5.77. The molecule has 4 N–H and O–H groups in total. The molecule has 0 aromatic heterocycles. The fourth-order valence-electron chi connectivity index (χ4n) is 1.67. The normalized spacial score (nSPS) is 11.9. The summed E-state index contributed by atoms with van der Waals surface area (Å²) >= 11 is 0. The zero-order chi connectivity index (χ0) is 13.5. The molecule has 0 radical (unpaired) electrons. The van der Waals surface area contributed by atoms with Crippen molar-refractivity contribution >= 4 is 12.2 Å². The van der Waals surface area contributed by atoms with Gasteiger partial charge in [-0.2, -0.15) is 5.10 Å². The first-order valence-corrected chi connectivity index (χ1v) is 5.50. The SMILES string of the molecule is Cc1cc(C)c(OC/C=N\N=C(N)NO)c(C)c1. The Morgan fingerprint density at radius 1 is 1.39 bits per heavy atom. The van der Waals surface area contributed by atoms with E-state index >= 15 is 0 Å². The van der Waals surface area contributed by atoms with E-state index < -0.39 is 0 Å². The van der Waals surface area contributed by atoms with Crippen molar-refractivity contribution in [3.05, 3.63) is 28.8 Å². The van der Waals surface area contributed by atoms with E-state index in [1.165, 1.54) is 11.8 Å². The third-order valence-electron chi connectivity index (χ3n) is 2.27. The van der Waals surface area contributed by atoms with Crippen molar-refractivity contribution in [1.29, 1.82) is 0 Å². The summed E-state index contributed by atoms with van der Waals surface area (Å²) in [7, 11) is 0. The summed E-state index contributed by atoms with van der Waals surface area (Å²) < 4.78 is 5.60. The van der Waals surface area contributed by atoms with E-state index in [1.54, 1.807) is 5.48 Å². The Hall–Kier alpha value is -2.08. The Labute approximate surface area is 106 Å². The van der Waals surface area contributed by atoms with Gasteiger partial charge in [0.2, 0.25) is 5.96 Å². The first-order valence-electron chi connectivity index (χ1n) is 5.50. The molecule has 98 valence electrons. The summed E-state index contributed by atoms with van der Waals surface area (Å²) in [5.74, 6) is 0.679. The summed E-state index contributed by atoms with van der Waals surface area (Å²) in [5.41, 5.74) is 10.2. The molecular formula is C12H18N4O2. The number of benzene rings is 1. The van der Waals surface area contributed by atoms with Crippen LogP contribution in [0.25, 0.3) is 0 Å². The summed E-state index contributed by atoms with van der Waals surface area (Å²) in [5, 5.41) is 15.4. The van der Waals surface area contributed by atoms with Crippen molar-refractivity contribution in [2.24, 2.45) is 15.9 Å². The Morgan fingerprint density at radius 2 is 2.00 bits per heavy atom. The number of nitrogens with one attached hydrogen (secondary N) is 1. The minimum absolute atomic E-state index is 0.172. The van der Waals surface area contributed by atoms with Crippen LogP contribution in [0.4, 0.5) is 0 Å². The molecule has 0 saturated heterocycles. The van der Waals surface area contributed by atoms with Gasteiger partial charge in [-0.3, -0.25) is 5.21 Å². The molecule has 0 saturated carbocycles. The second kappa shape index (κ2) is 6.61. The fourth-order valence-corrected chi connectivity index (χ4v) is 1.67. The van der Waals surface area contributed by atoms with Gasteiger partial charge in [0.25, 0.3) is 0 Å². The lowest BCUT2D eigenvalue weighted by molar-refractivity contribution is 0.232. The number of ether oxygens (including phenoxy) is 1. The maximum absolute atomic E-state index is 8.36. The van der Waals surface area contributed by atoms with Gasteiger partial charge in [0.15, 0.2) is 0 Å². The van der Waals surface area contributed by atoms with Gasteiger partial charge in [-0.1, -0.05) is 17.7 Å². The molecule has 0 amide bonds. The van der Waals surface area contributed by atoms with E-state index in [0.717, 1.165) is 16.9 Å². The van der Waals surface area contributed by atoms with Gasteiger partial charge in [-0.25, -0.2) is 5.48 Å². The van der Waals surface area contributed by atoms with Crippen LogP contribution in [0.1, 0.15) is 16.7 Å². The summed E-state index contributed by atoms with van der Waals surface area (Å²) in [6, 6.07) is 4.12. The van der Waals surface area contributed by atoms with Gasteiger partial charge < -0.3 is 10.5 Å². The van der Waals surface area contributed by atoms with Crippen LogP contribution in [-0.4, -0.2) is 24.0 Å². The van der Waals surface area contributed by atoms with Crippen molar-refractivity contribution in [1.82, 2.24) is 5.48 Å². The van der Waals surface area contributed by atoms with E-state index in [1.807, 2.05) is 20.8 Å². The second-order valence-corrected chi connectivity index (χ2v) is 3.93. The van der Waals surface area contributed by atoms with Gasteiger partial charge in [-0.05, 0) is 31.9 Å². The summed E-state index contributed by atoms with van der Waals surface area (Å²) in [6.45, 7) is 6.33. The molecule has 18 heavy (non-hydrogen) atoms. The van der Waals surface area contributed by atoms with Crippen LogP contribution in [0.2, 0.25) is 0 Å². The predicted molar refractivity (Wildman–Crippen MR) is 71.2 cm³/mol. The molecular weight excluding hydrogens is 232 g/mol. The van der Waals surface area contributed by atoms with Crippen molar-refractivity contribution in [3.63, 3.8) is 0 Å². The van der Waals surface area contributed by atoms with E-state index in [9.17, 15) is 0 Å². The molecule has 1 aromatic rings. The maximum Gasteiger partial charge on any atom is 0.237 e. The van der Waals surface area contributed by atoms with E-state index in [0.29, 0.717) is 0 Å². The molecule has 0 heterocycles. The molecule has 0 fully saturated rings. The topological polar surface area (TPSA) is 92.2 Å². The number of hydrogen-bond donors (Lipinski definition) is 3. The average molecular weight is 250 g/mol. The van der Waals surface area contributed by atoms with E-state index in [2.05, 4.69) is 22.3 Å². The van der Waals surface area contributed by atoms with Crippen LogP contribution in [0.3, 0.4) is 0 Å². The highest BCUT2D eigenvalue weighted by Gasteiger charge is 2.03. The van der Waals surface area contributed by atoms with E-state index in [4.69, 9.17) is 15.7 Å². The zero-order valence-corrected chi connectivity index (χ0v) is 10.8. The highest BCUT2D eigenvalue weighted by atomic mass is 16.5. The number of aryl methyl sites for hydroxylation is 3. The van der Waals surface area contributed by atoms with Crippen LogP contribution in [-0.2, 0) is 0 Å². The average Bonchev–Trinajstić information content (AvgIpc) is 2.31. The van der Waals surface area contributed by atoms with Crippen molar-refractivity contribution in [2.45, 2.75) is 20.8 Å². The summed E-state index contributed by atoms with van der Waals surface area (Å²) in [4.78, 5) is 0. The molecule has 0 aliphatic carbocycles. The number of rotatable bonds is 4. The van der Waals surface area contributed by atoms with Gasteiger partial charge in [0.05, 0.1) is 6.21 Å². The number of nitrogens with zero attached hydrogens (tertiary/aromatic N) is 2. The van der Waals surface area contributed by atoms with Gasteiger partial charge in [0.1, 0.15) is 12.4 Å². The molecule has 0 aliphatic heterocycles. The number of guanidine groups is 1. The number of hydroxylamine groups is 1. The standard InChI is InChI=1S/C12H18N4O2/c1-8-6-9(2)11(10(3)7-8)18-5-4-14-15-12(13)16-17/h4,6-7,17H,5H2,1-3H3,(H3,13,15,16)/b14-4-. The first kappa shape index (κ1) is 14.0. The Balaban J connectivity index is 2.60. The second-order valence-electron chi connectivity index (χ2n) is 3.93. The summed E-state index contributed by atoms with van der Waals surface area (Å²) in [6.07, 6.45) is 1.46. The monoisotopic (exact) mass is 250 g/mol. The van der Waals surface area contributed by atoms with Crippen LogP contribution in [0.5, 0.6) is 5.75 Å². The Bertz CT molecular complexity index is 446. The molecule has 0 unspecified atom stereocenters. The molecule has 6 nitrogen and oxygen atoms in total. The van der Waals surface area contributed by atoms with Gasteiger partial charge in [0, 0.05) is 0 Å². The minimum Gasteiger partial charge on any atom is -0.487 e. The van der Waals surface area contributed by atoms with Gasteiger partial charge >= 0.3 is 0 Å². The third kappa shape index (κ3) is 4.06. The van der Waals surface area contributed by atoms with Gasteiger partial charge in [-0.15, -0.1) is 5.10 Å². The lowest BCUT2D eigenvalue weighted by atomic mass is 10.1. The smallest absolute Gasteiger partial charge is 0.237 e. The molecule has 0 bridgehead atoms.